The number of nitrogens with one attached hydrogen (secondary N) is 1. The molecule has 22 heavy (non-hydrogen) atoms. The molecule has 2 saturated heterocycles. The zero-order valence-electron chi connectivity index (χ0n) is 13.4. The molecule has 0 bridgehead atoms. The summed E-state index contributed by atoms with van der Waals surface area (Å²) in [5.41, 5.74) is 2.17. The van der Waals surface area contributed by atoms with Crippen LogP contribution in [0.15, 0.2) is 24.3 Å². The van der Waals surface area contributed by atoms with E-state index in [0.717, 1.165) is 24.5 Å². The molecule has 1 unspecified atom stereocenters. The minimum Gasteiger partial charge on any atom is -0.388 e. The molecular formula is C18H28N2OS. The molecule has 0 spiro atoms. The SMILES string of the molecule is OC1(CNCc2ccc(N3CCCCCC3)cc2)CCSC1. The molecule has 0 saturated carbocycles. The molecule has 1 atom stereocenters. The Morgan fingerprint density at radius 1 is 1.09 bits per heavy atom. The number of hydrogen-bond donors (Lipinski definition) is 2. The molecule has 2 fully saturated rings. The Morgan fingerprint density at radius 2 is 1.82 bits per heavy atom. The lowest BCUT2D eigenvalue weighted by molar-refractivity contribution is 0.0675. The first-order valence-electron chi connectivity index (χ1n) is 8.60. The molecule has 4 heteroatoms. The number of hydrogen-bond acceptors (Lipinski definition) is 4. The van der Waals surface area contributed by atoms with Gasteiger partial charge in [-0.2, -0.15) is 11.8 Å². The number of nitrogens with zero attached hydrogens (tertiary/aromatic N) is 1. The van der Waals surface area contributed by atoms with Crippen LogP contribution in [0.5, 0.6) is 0 Å². The van der Waals surface area contributed by atoms with Gasteiger partial charge in [-0.1, -0.05) is 25.0 Å². The van der Waals surface area contributed by atoms with Crippen LogP contribution in [0.2, 0.25) is 0 Å². The number of benzene rings is 1. The summed E-state index contributed by atoms with van der Waals surface area (Å²) in [5.74, 6) is 1.95. The molecule has 2 aliphatic rings. The Bertz CT molecular complexity index is 449. The summed E-state index contributed by atoms with van der Waals surface area (Å²) in [6.45, 7) is 3.94. The Labute approximate surface area is 138 Å². The van der Waals surface area contributed by atoms with Crippen molar-refractivity contribution in [1.82, 2.24) is 5.32 Å². The first-order chi connectivity index (χ1) is 10.8. The van der Waals surface area contributed by atoms with Gasteiger partial charge in [0.1, 0.15) is 0 Å². The van der Waals surface area contributed by atoms with E-state index in [4.69, 9.17) is 0 Å². The van der Waals surface area contributed by atoms with Crippen LogP contribution in [0.4, 0.5) is 5.69 Å². The molecule has 0 amide bonds. The maximum atomic E-state index is 10.3. The van der Waals surface area contributed by atoms with Gasteiger partial charge in [-0.05, 0) is 42.7 Å². The minimum atomic E-state index is -0.489. The third kappa shape index (κ3) is 4.40. The quantitative estimate of drug-likeness (QED) is 0.874. The molecule has 0 radical (unpaired) electrons. The molecule has 1 aromatic rings. The molecule has 2 heterocycles. The summed E-state index contributed by atoms with van der Waals surface area (Å²) < 4.78 is 0. The average Bonchev–Trinajstić information content (AvgIpc) is 2.80. The van der Waals surface area contributed by atoms with Crippen LogP contribution < -0.4 is 10.2 Å². The molecular weight excluding hydrogens is 292 g/mol. The number of aliphatic hydroxyl groups is 1. The monoisotopic (exact) mass is 320 g/mol. The smallest absolute Gasteiger partial charge is 0.0869 e. The van der Waals surface area contributed by atoms with E-state index in [9.17, 15) is 5.11 Å². The lowest BCUT2D eigenvalue weighted by Crippen LogP contribution is -2.40. The molecule has 2 N–H and O–H groups in total. The third-order valence-corrected chi connectivity index (χ3v) is 6.01. The van der Waals surface area contributed by atoms with Crippen molar-refractivity contribution in [2.45, 2.75) is 44.2 Å². The van der Waals surface area contributed by atoms with Crippen molar-refractivity contribution in [2.24, 2.45) is 0 Å². The van der Waals surface area contributed by atoms with E-state index in [0.29, 0.717) is 6.54 Å². The van der Waals surface area contributed by atoms with E-state index in [1.165, 1.54) is 50.0 Å². The van der Waals surface area contributed by atoms with Crippen LogP contribution in [0.25, 0.3) is 0 Å². The second-order valence-electron chi connectivity index (χ2n) is 6.70. The van der Waals surface area contributed by atoms with Crippen molar-refractivity contribution in [3.05, 3.63) is 29.8 Å². The van der Waals surface area contributed by atoms with Gasteiger partial charge in [0.05, 0.1) is 5.60 Å². The van der Waals surface area contributed by atoms with Gasteiger partial charge in [0.15, 0.2) is 0 Å². The fourth-order valence-electron chi connectivity index (χ4n) is 3.33. The predicted octanol–water partition coefficient (Wildman–Crippen LogP) is 3.02. The van der Waals surface area contributed by atoms with Crippen LogP contribution in [0.1, 0.15) is 37.7 Å². The number of thioether (sulfide) groups is 1. The van der Waals surface area contributed by atoms with Crippen LogP contribution in [-0.4, -0.2) is 41.8 Å². The Kier molecular flexibility index (Phi) is 5.66. The molecule has 3 rings (SSSR count). The van der Waals surface area contributed by atoms with E-state index in [-0.39, 0.29) is 0 Å². The second kappa shape index (κ2) is 7.71. The fraction of sp³-hybridized carbons (Fsp3) is 0.667. The third-order valence-electron chi connectivity index (χ3n) is 4.77. The molecule has 0 aliphatic carbocycles. The van der Waals surface area contributed by atoms with Crippen LogP contribution >= 0.6 is 11.8 Å². The zero-order chi connectivity index (χ0) is 15.3. The van der Waals surface area contributed by atoms with Gasteiger partial charge in [0, 0.05) is 37.6 Å². The van der Waals surface area contributed by atoms with Gasteiger partial charge in [-0.25, -0.2) is 0 Å². The van der Waals surface area contributed by atoms with Crippen molar-refractivity contribution in [3.63, 3.8) is 0 Å². The fourth-order valence-corrected chi connectivity index (χ4v) is 4.62. The van der Waals surface area contributed by atoms with Crippen molar-refractivity contribution in [2.75, 3.05) is 36.0 Å². The highest BCUT2D eigenvalue weighted by molar-refractivity contribution is 7.99. The lowest BCUT2D eigenvalue weighted by atomic mass is 10.0. The second-order valence-corrected chi connectivity index (χ2v) is 7.80. The van der Waals surface area contributed by atoms with Crippen LogP contribution in [0.3, 0.4) is 0 Å². The molecule has 122 valence electrons. The highest BCUT2D eigenvalue weighted by Crippen LogP contribution is 2.27. The van der Waals surface area contributed by atoms with Crippen molar-refractivity contribution in [3.8, 4) is 0 Å². The van der Waals surface area contributed by atoms with Crippen molar-refractivity contribution >= 4 is 17.4 Å². The molecule has 2 aliphatic heterocycles. The van der Waals surface area contributed by atoms with Gasteiger partial charge >= 0.3 is 0 Å². The van der Waals surface area contributed by atoms with Crippen LogP contribution in [-0.2, 0) is 6.54 Å². The zero-order valence-corrected chi connectivity index (χ0v) is 14.2. The van der Waals surface area contributed by atoms with E-state index in [1.54, 1.807) is 0 Å². The van der Waals surface area contributed by atoms with Gasteiger partial charge in [0.2, 0.25) is 0 Å². The Balaban J connectivity index is 1.48. The first kappa shape index (κ1) is 16.2. The molecule has 1 aromatic carbocycles. The molecule has 3 nitrogen and oxygen atoms in total. The topological polar surface area (TPSA) is 35.5 Å². The molecule has 0 aromatic heterocycles. The average molecular weight is 321 g/mol. The maximum Gasteiger partial charge on any atom is 0.0869 e. The van der Waals surface area contributed by atoms with Gasteiger partial charge in [-0.15, -0.1) is 0 Å². The largest absolute Gasteiger partial charge is 0.388 e. The summed E-state index contributed by atoms with van der Waals surface area (Å²) >= 11 is 1.85. The van der Waals surface area contributed by atoms with Crippen molar-refractivity contribution < 1.29 is 5.11 Å². The van der Waals surface area contributed by atoms with Gasteiger partial charge in [0.25, 0.3) is 0 Å². The number of rotatable bonds is 5. The normalized spacial score (nSPS) is 26.1. The summed E-state index contributed by atoms with van der Waals surface area (Å²) in [6.07, 6.45) is 6.30. The lowest BCUT2D eigenvalue weighted by Gasteiger charge is -2.23. The van der Waals surface area contributed by atoms with E-state index < -0.39 is 5.60 Å². The van der Waals surface area contributed by atoms with Crippen LogP contribution in [0, 0.1) is 0 Å². The van der Waals surface area contributed by atoms with Gasteiger partial charge < -0.3 is 15.3 Å². The summed E-state index contributed by atoms with van der Waals surface area (Å²) in [4.78, 5) is 2.52. The summed E-state index contributed by atoms with van der Waals surface area (Å²) in [5, 5.41) is 13.7. The summed E-state index contributed by atoms with van der Waals surface area (Å²) in [6, 6.07) is 8.95. The van der Waals surface area contributed by atoms with E-state index >= 15 is 0 Å². The summed E-state index contributed by atoms with van der Waals surface area (Å²) in [7, 11) is 0. The Morgan fingerprint density at radius 3 is 2.45 bits per heavy atom. The maximum absolute atomic E-state index is 10.3. The standard InChI is InChI=1S/C18H28N2OS/c21-18(9-12-22-15-18)14-19-13-16-5-7-17(8-6-16)20-10-3-1-2-4-11-20/h5-8,19,21H,1-4,9-15H2. The van der Waals surface area contributed by atoms with Gasteiger partial charge in [-0.3, -0.25) is 0 Å². The van der Waals surface area contributed by atoms with E-state index in [2.05, 4.69) is 34.5 Å². The minimum absolute atomic E-state index is 0.489. The predicted molar refractivity (Wildman–Crippen MR) is 95.7 cm³/mol. The van der Waals surface area contributed by atoms with E-state index in [1.807, 2.05) is 11.8 Å². The highest BCUT2D eigenvalue weighted by Gasteiger charge is 2.30. The highest BCUT2D eigenvalue weighted by atomic mass is 32.2. The number of anilines is 1. The van der Waals surface area contributed by atoms with Crippen molar-refractivity contribution in [1.29, 1.82) is 0 Å². The Hall–Kier alpha value is -0.710. The first-order valence-corrected chi connectivity index (χ1v) is 9.75.